The smallest absolute Gasteiger partial charge is 0.246 e. The molecule has 1 heterocycles. The maximum absolute atomic E-state index is 12.8. The van der Waals surface area contributed by atoms with E-state index in [9.17, 15) is 4.79 Å². The highest BCUT2D eigenvalue weighted by Gasteiger charge is 2.17. The quantitative estimate of drug-likeness (QED) is 0.613. The fourth-order valence-corrected chi connectivity index (χ4v) is 3.95. The second-order valence-electron chi connectivity index (χ2n) is 7.67. The van der Waals surface area contributed by atoms with Crippen LogP contribution in [0.5, 0.6) is 0 Å². The van der Waals surface area contributed by atoms with E-state index in [2.05, 4.69) is 29.2 Å². The molecule has 0 aromatic heterocycles. The zero-order chi connectivity index (χ0) is 20.8. The zero-order valence-corrected chi connectivity index (χ0v) is 17.0. The molecular weight excluding hydrogens is 370 g/mol. The summed E-state index contributed by atoms with van der Waals surface area (Å²) in [5.41, 5.74) is 2.95. The molecule has 1 amide bonds. The van der Waals surface area contributed by atoms with Gasteiger partial charge in [-0.2, -0.15) is 5.26 Å². The van der Waals surface area contributed by atoms with Gasteiger partial charge in [0.15, 0.2) is 0 Å². The van der Waals surface area contributed by atoms with Crippen LogP contribution in [0.1, 0.15) is 23.1 Å². The fourth-order valence-electron chi connectivity index (χ4n) is 3.95. The van der Waals surface area contributed by atoms with Crippen molar-refractivity contribution >= 4 is 22.8 Å². The second kappa shape index (κ2) is 9.39. The Hall–Kier alpha value is -3.42. The summed E-state index contributed by atoms with van der Waals surface area (Å²) in [5, 5.41) is 11.3. The van der Waals surface area contributed by atoms with E-state index in [4.69, 9.17) is 5.26 Å². The van der Waals surface area contributed by atoms with Gasteiger partial charge in [0, 0.05) is 38.8 Å². The van der Waals surface area contributed by atoms with Crippen LogP contribution in [0.3, 0.4) is 0 Å². The first-order chi connectivity index (χ1) is 14.7. The van der Waals surface area contributed by atoms with Crippen LogP contribution in [0, 0.1) is 11.3 Å². The van der Waals surface area contributed by atoms with Crippen molar-refractivity contribution in [3.8, 4) is 6.07 Å². The van der Waals surface area contributed by atoms with Crippen molar-refractivity contribution < 1.29 is 4.79 Å². The average Bonchev–Trinajstić information content (AvgIpc) is 3.03. The first-order valence-corrected chi connectivity index (χ1v) is 10.4. The van der Waals surface area contributed by atoms with Crippen LogP contribution in [0.15, 0.2) is 72.8 Å². The van der Waals surface area contributed by atoms with Gasteiger partial charge in [-0.25, -0.2) is 0 Å². The van der Waals surface area contributed by atoms with Gasteiger partial charge in [-0.05, 0) is 46.5 Å². The number of nitriles is 1. The minimum atomic E-state index is 0.0724. The molecule has 0 bridgehead atoms. The number of benzene rings is 3. The van der Waals surface area contributed by atoms with Gasteiger partial charge in [0.2, 0.25) is 5.91 Å². The van der Waals surface area contributed by atoms with Crippen LogP contribution < -0.4 is 0 Å². The summed E-state index contributed by atoms with van der Waals surface area (Å²) in [6.45, 7) is 4.18. The number of carbonyl (C=O) groups is 1. The first-order valence-electron chi connectivity index (χ1n) is 10.4. The van der Waals surface area contributed by atoms with E-state index >= 15 is 0 Å². The maximum atomic E-state index is 12.8. The third kappa shape index (κ3) is 4.76. The molecule has 0 unspecified atom stereocenters. The van der Waals surface area contributed by atoms with Crippen LogP contribution >= 0.6 is 0 Å². The topological polar surface area (TPSA) is 47.3 Å². The number of fused-ring (bicyclic) bond motifs is 1. The molecule has 1 aliphatic heterocycles. The summed E-state index contributed by atoms with van der Waals surface area (Å²) in [5.74, 6) is 0.0724. The fraction of sp³-hybridized carbons (Fsp3) is 0.231. The molecule has 30 heavy (non-hydrogen) atoms. The van der Waals surface area contributed by atoms with Crippen molar-refractivity contribution in [1.29, 1.82) is 5.26 Å². The summed E-state index contributed by atoms with van der Waals surface area (Å²) < 4.78 is 0. The summed E-state index contributed by atoms with van der Waals surface area (Å²) in [6.07, 6.45) is 4.60. The highest BCUT2D eigenvalue weighted by molar-refractivity contribution is 5.96. The lowest BCUT2D eigenvalue weighted by molar-refractivity contribution is -0.125. The molecule has 0 aliphatic carbocycles. The van der Waals surface area contributed by atoms with Crippen molar-refractivity contribution in [2.75, 3.05) is 26.2 Å². The molecule has 4 heteroatoms. The Kier molecular flexibility index (Phi) is 6.22. The first kappa shape index (κ1) is 19.9. The molecule has 4 rings (SSSR count). The molecule has 0 radical (unpaired) electrons. The van der Waals surface area contributed by atoms with Crippen molar-refractivity contribution in [3.05, 3.63) is 89.5 Å². The van der Waals surface area contributed by atoms with Crippen LogP contribution in [0.25, 0.3) is 16.8 Å². The highest BCUT2D eigenvalue weighted by Crippen LogP contribution is 2.20. The maximum Gasteiger partial charge on any atom is 0.246 e. The van der Waals surface area contributed by atoms with Gasteiger partial charge >= 0.3 is 0 Å². The van der Waals surface area contributed by atoms with E-state index in [0.29, 0.717) is 5.56 Å². The largest absolute Gasteiger partial charge is 0.338 e. The number of nitrogens with zero attached hydrogens (tertiary/aromatic N) is 3. The molecule has 0 spiro atoms. The number of rotatable bonds is 4. The lowest BCUT2D eigenvalue weighted by atomic mass is 10.0. The summed E-state index contributed by atoms with van der Waals surface area (Å²) in [4.78, 5) is 17.1. The Balaban J connectivity index is 1.37. The third-order valence-corrected chi connectivity index (χ3v) is 5.62. The van der Waals surface area contributed by atoms with Gasteiger partial charge in [-0.1, -0.05) is 54.6 Å². The average molecular weight is 396 g/mol. The Morgan fingerprint density at radius 2 is 1.73 bits per heavy atom. The van der Waals surface area contributed by atoms with Crippen LogP contribution in [-0.2, 0) is 11.3 Å². The second-order valence-corrected chi connectivity index (χ2v) is 7.67. The standard InChI is InChI=1S/C26H25N3O/c27-19-21-9-11-22(12-10-21)20-28-15-4-16-29(18-17-28)26(30)14-13-24-7-3-6-23-5-1-2-8-25(23)24/h1-3,5-14H,4,15-18,20H2/b14-13+. The van der Waals surface area contributed by atoms with Crippen molar-refractivity contribution in [2.24, 2.45) is 0 Å². The van der Waals surface area contributed by atoms with Gasteiger partial charge in [0.25, 0.3) is 0 Å². The zero-order valence-electron chi connectivity index (χ0n) is 17.0. The van der Waals surface area contributed by atoms with Gasteiger partial charge in [0.05, 0.1) is 11.6 Å². The lowest BCUT2D eigenvalue weighted by Gasteiger charge is -2.21. The third-order valence-electron chi connectivity index (χ3n) is 5.62. The van der Waals surface area contributed by atoms with Crippen LogP contribution in [0.2, 0.25) is 0 Å². The predicted molar refractivity (Wildman–Crippen MR) is 121 cm³/mol. The Morgan fingerprint density at radius 1 is 0.933 bits per heavy atom. The predicted octanol–water partition coefficient (Wildman–Crippen LogP) is 4.46. The molecule has 0 N–H and O–H groups in total. The van der Waals surface area contributed by atoms with E-state index in [-0.39, 0.29) is 5.91 Å². The summed E-state index contributed by atoms with van der Waals surface area (Å²) >= 11 is 0. The Labute approximate surface area is 177 Å². The van der Waals surface area contributed by atoms with Gasteiger partial charge < -0.3 is 4.90 Å². The normalized spacial score (nSPS) is 15.2. The van der Waals surface area contributed by atoms with Gasteiger partial charge in [-0.15, -0.1) is 0 Å². The number of hydrogen-bond acceptors (Lipinski definition) is 3. The van der Waals surface area contributed by atoms with Crippen molar-refractivity contribution in [1.82, 2.24) is 9.80 Å². The van der Waals surface area contributed by atoms with E-state index in [1.54, 1.807) is 6.08 Å². The van der Waals surface area contributed by atoms with E-state index in [1.165, 1.54) is 10.9 Å². The minimum Gasteiger partial charge on any atom is -0.338 e. The number of hydrogen-bond donors (Lipinski definition) is 0. The molecule has 1 fully saturated rings. The molecular formula is C26H25N3O. The molecule has 1 saturated heterocycles. The Morgan fingerprint density at radius 3 is 2.57 bits per heavy atom. The van der Waals surface area contributed by atoms with Crippen LogP contribution in [0.4, 0.5) is 0 Å². The molecule has 4 nitrogen and oxygen atoms in total. The summed E-state index contributed by atoms with van der Waals surface area (Å²) in [6, 6.07) is 24.3. The lowest BCUT2D eigenvalue weighted by Crippen LogP contribution is -2.34. The molecule has 0 saturated carbocycles. The van der Waals surface area contributed by atoms with E-state index in [1.807, 2.05) is 59.5 Å². The summed E-state index contributed by atoms with van der Waals surface area (Å²) in [7, 11) is 0. The van der Waals surface area contributed by atoms with Crippen molar-refractivity contribution in [3.63, 3.8) is 0 Å². The SMILES string of the molecule is N#Cc1ccc(CN2CCCN(C(=O)/C=C/c3cccc4ccccc34)CC2)cc1. The highest BCUT2D eigenvalue weighted by atomic mass is 16.2. The molecule has 3 aromatic rings. The Bertz CT molecular complexity index is 1090. The van der Waals surface area contributed by atoms with Gasteiger partial charge in [0.1, 0.15) is 0 Å². The molecule has 150 valence electrons. The van der Waals surface area contributed by atoms with Gasteiger partial charge in [-0.3, -0.25) is 9.69 Å². The van der Waals surface area contributed by atoms with Crippen molar-refractivity contribution in [2.45, 2.75) is 13.0 Å². The van der Waals surface area contributed by atoms with Crippen LogP contribution in [-0.4, -0.2) is 41.9 Å². The molecule has 1 aliphatic rings. The molecule has 3 aromatic carbocycles. The van der Waals surface area contributed by atoms with E-state index < -0.39 is 0 Å². The minimum absolute atomic E-state index is 0.0724. The monoisotopic (exact) mass is 395 g/mol. The van der Waals surface area contributed by atoms with E-state index in [0.717, 1.165) is 50.1 Å². The number of carbonyl (C=O) groups excluding carboxylic acids is 1. The molecule has 0 atom stereocenters. The number of amides is 1.